The Bertz CT molecular complexity index is 606. The first-order valence-corrected chi connectivity index (χ1v) is 6.03. The minimum atomic E-state index is 0.288. The van der Waals surface area contributed by atoms with Crippen LogP contribution < -0.4 is 14.2 Å². The molecule has 0 radical (unpaired) electrons. The molecule has 3 heteroatoms. The van der Waals surface area contributed by atoms with Gasteiger partial charge in [0.15, 0.2) is 11.5 Å². The number of hydrogen-bond donors (Lipinski definition) is 0. The summed E-state index contributed by atoms with van der Waals surface area (Å²) in [6.45, 7) is 1.01. The second kappa shape index (κ2) is 3.67. The lowest BCUT2D eigenvalue weighted by atomic mass is 9.93. The molecular weight excluding hydrogens is 228 g/mol. The molecule has 0 bridgehead atoms. The number of ether oxygens (including phenoxy) is 3. The number of benzene rings is 2. The van der Waals surface area contributed by atoms with E-state index in [1.165, 1.54) is 11.1 Å². The molecule has 90 valence electrons. The van der Waals surface area contributed by atoms with Crippen LogP contribution in [0.2, 0.25) is 0 Å². The Morgan fingerprint density at radius 3 is 2.72 bits per heavy atom. The Kier molecular flexibility index (Phi) is 2.00. The highest BCUT2D eigenvalue weighted by Gasteiger charge is 2.26. The zero-order valence-electron chi connectivity index (χ0n) is 9.76. The van der Waals surface area contributed by atoms with Gasteiger partial charge in [0.2, 0.25) is 6.79 Å². The average Bonchev–Trinajstić information content (AvgIpc) is 3.04. The molecule has 2 aliphatic heterocycles. The van der Waals surface area contributed by atoms with Crippen LogP contribution in [-0.4, -0.2) is 13.4 Å². The maximum Gasteiger partial charge on any atom is 0.231 e. The highest BCUT2D eigenvalue weighted by Crippen LogP contribution is 2.41. The van der Waals surface area contributed by atoms with Crippen LogP contribution in [-0.2, 0) is 0 Å². The molecule has 0 fully saturated rings. The fourth-order valence-electron chi connectivity index (χ4n) is 2.57. The van der Waals surface area contributed by atoms with Gasteiger partial charge in [0, 0.05) is 11.5 Å². The highest BCUT2D eigenvalue weighted by atomic mass is 16.7. The van der Waals surface area contributed by atoms with Gasteiger partial charge in [0.05, 0.1) is 6.61 Å². The largest absolute Gasteiger partial charge is 0.492 e. The summed E-state index contributed by atoms with van der Waals surface area (Å²) in [5.41, 5.74) is 2.46. The summed E-state index contributed by atoms with van der Waals surface area (Å²) in [5.74, 6) is 2.93. The van der Waals surface area contributed by atoms with E-state index in [-0.39, 0.29) is 5.92 Å². The summed E-state index contributed by atoms with van der Waals surface area (Å²) in [5, 5.41) is 0. The van der Waals surface area contributed by atoms with Crippen molar-refractivity contribution in [3.8, 4) is 17.2 Å². The minimum Gasteiger partial charge on any atom is -0.492 e. The predicted molar refractivity (Wildman–Crippen MR) is 66.3 cm³/mol. The van der Waals surface area contributed by atoms with Crippen molar-refractivity contribution in [2.75, 3.05) is 13.4 Å². The van der Waals surface area contributed by atoms with Gasteiger partial charge >= 0.3 is 0 Å². The van der Waals surface area contributed by atoms with Gasteiger partial charge in [-0.1, -0.05) is 24.3 Å². The Morgan fingerprint density at radius 1 is 0.833 bits per heavy atom. The van der Waals surface area contributed by atoms with Gasteiger partial charge in [-0.15, -0.1) is 0 Å². The van der Waals surface area contributed by atoms with E-state index in [0.717, 1.165) is 17.2 Å². The molecule has 0 saturated carbocycles. The number of hydrogen-bond acceptors (Lipinski definition) is 3. The smallest absolute Gasteiger partial charge is 0.231 e. The highest BCUT2D eigenvalue weighted by molar-refractivity contribution is 5.51. The number of para-hydroxylation sites is 1. The third-order valence-corrected chi connectivity index (χ3v) is 3.50. The molecule has 3 nitrogen and oxygen atoms in total. The topological polar surface area (TPSA) is 27.7 Å². The zero-order valence-corrected chi connectivity index (χ0v) is 9.76. The second-order valence-electron chi connectivity index (χ2n) is 4.51. The van der Waals surface area contributed by atoms with Crippen molar-refractivity contribution in [2.24, 2.45) is 0 Å². The predicted octanol–water partition coefficient (Wildman–Crippen LogP) is 2.94. The third-order valence-electron chi connectivity index (χ3n) is 3.50. The van der Waals surface area contributed by atoms with E-state index in [9.17, 15) is 0 Å². The fourth-order valence-corrected chi connectivity index (χ4v) is 2.57. The van der Waals surface area contributed by atoms with E-state index in [1.807, 2.05) is 24.3 Å². The monoisotopic (exact) mass is 240 g/mol. The molecule has 0 N–H and O–H groups in total. The summed E-state index contributed by atoms with van der Waals surface area (Å²) in [6, 6.07) is 14.3. The Morgan fingerprint density at radius 2 is 1.72 bits per heavy atom. The van der Waals surface area contributed by atoms with Crippen LogP contribution in [0.1, 0.15) is 17.0 Å². The molecule has 2 heterocycles. The van der Waals surface area contributed by atoms with Gasteiger partial charge in [0.25, 0.3) is 0 Å². The molecule has 0 saturated heterocycles. The summed E-state index contributed by atoms with van der Waals surface area (Å²) in [6.07, 6.45) is 0. The standard InChI is InChI=1S/C15H12O3/c1-2-4-13-11(3-1)12(8-16-13)10-5-6-14-15(7-10)18-9-17-14/h1-7,12H,8-9H2. The molecule has 0 spiro atoms. The molecule has 18 heavy (non-hydrogen) atoms. The Balaban J connectivity index is 1.77. The normalized spacial score (nSPS) is 19.4. The van der Waals surface area contributed by atoms with Gasteiger partial charge in [-0.2, -0.15) is 0 Å². The van der Waals surface area contributed by atoms with E-state index in [4.69, 9.17) is 14.2 Å². The molecule has 1 unspecified atom stereocenters. The maximum absolute atomic E-state index is 5.71. The second-order valence-corrected chi connectivity index (χ2v) is 4.51. The quantitative estimate of drug-likeness (QED) is 0.767. The molecule has 2 aromatic carbocycles. The van der Waals surface area contributed by atoms with Gasteiger partial charge in [-0.3, -0.25) is 0 Å². The summed E-state index contributed by atoms with van der Waals surface area (Å²) >= 11 is 0. The van der Waals surface area contributed by atoms with Gasteiger partial charge in [-0.25, -0.2) is 0 Å². The van der Waals surface area contributed by atoms with Crippen molar-refractivity contribution in [3.05, 3.63) is 53.6 Å². The summed E-state index contributed by atoms with van der Waals surface area (Å²) < 4.78 is 16.5. The summed E-state index contributed by atoms with van der Waals surface area (Å²) in [7, 11) is 0. The van der Waals surface area contributed by atoms with Crippen molar-refractivity contribution in [2.45, 2.75) is 5.92 Å². The molecular formula is C15H12O3. The summed E-state index contributed by atoms with van der Waals surface area (Å²) in [4.78, 5) is 0. The van der Waals surface area contributed by atoms with E-state index < -0.39 is 0 Å². The molecule has 0 aliphatic carbocycles. The maximum atomic E-state index is 5.71. The van der Waals surface area contributed by atoms with Gasteiger partial charge in [0.1, 0.15) is 5.75 Å². The van der Waals surface area contributed by atoms with Crippen molar-refractivity contribution < 1.29 is 14.2 Å². The number of rotatable bonds is 1. The van der Waals surface area contributed by atoms with Crippen molar-refractivity contribution in [1.82, 2.24) is 0 Å². The molecule has 2 aromatic rings. The van der Waals surface area contributed by atoms with E-state index in [0.29, 0.717) is 13.4 Å². The lowest BCUT2D eigenvalue weighted by molar-refractivity contribution is 0.174. The Labute approximate surface area is 105 Å². The van der Waals surface area contributed by atoms with Gasteiger partial charge in [-0.05, 0) is 23.8 Å². The average molecular weight is 240 g/mol. The van der Waals surface area contributed by atoms with Crippen molar-refractivity contribution >= 4 is 0 Å². The van der Waals surface area contributed by atoms with Crippen LogP contribution in [0.5, 0.6) is 17.2 Å². The lowest BCUT2D eigenvalue weighted by Gasteiger charge is -2.09. The van der Waals surface area contributed by atoms with E-state index >= 15 is 0 Å². The lowest BCUT2D eigenvalue weighted by Crippen LogP contribution is -2.02. The Hall–Kier alpha value is -2.16. The molecule has 2 aliphatic rings. The van der Waals surface area contributed by atoms with Crippen LogP contribution in [0.4, 0.5) is 0 Å². The molecule has 0 aromatic heterocycles. The zero-order chi connectivity index (χ0) is 11.9. The minimum absolute atomic E-state index is 0.288. The van der Waals surface area contributed by atoms with Crippen molar-refractivity contribution in [1.29, 1.82) is 0 Å². The van der Waals surface area contributed by atoms with E-state index in [2.05, 4.69) is 18.2 Å². The first-order chi connectivity index (χ1) is 8.92. The third kappa shape index (κ3) is 1.37. The molecule has 0 amide bonds. The fraction of sp³-hybridized carbons (Fsp3) is 0.200. The first-order valence-electron chi connectivity index (χ1n) is 6.03. The van der Waals surface area contributed by atoms with Crippen LogP contribution in [0, 0.1) is 0 Å². The SMILES string of the molecule is c1ccc2c(c1)OCC2c1ccc2c(c1)OCO2. The first kappa shape index (κ1) is 9.83. The van der Waals surface area contributed by atoms with Gasteiger partial charge < -0.3 is 14.2 Å². The van der Waals surface area contributed by atoms with E-state index in [1.54, 1.807) is 0 Å². The van der Waals surface area contributed by atoms with Crippen LogP contribution in [0.25, 0.3) is 0 Å². The van der Waals surface area contributed by atoms with Crippen LogP contribution in [0.3, 0.4) is 0 Å². The van der Waals surface area contributed by atoms with Crippen molar-refractivity contribution in [3.63, 3.8) is 0 Å². The molecule has 4 rings (SSSR count). The number of fused-ring (bicyclic) bond motifs is 2. The van der Waals surface area contributed by atoms with Crippen LogP contribution >= 0.6 is 0 Å². The van der Waals surface area contributed by atoms with Crippen LogP contribution in [0.15, 0.2) is 42.5 Å². The molecule has 1 atom stereocenters.